The highest BCUT2D eigenvalue weighted by molar-refractivity contribution is 5.75. The van der Waals surface area contributed by atoms with Gasteiger partial charge in [-0.25, -0.2) is 0 Å². The van der Waals surface area contributed by atoms with Crippen LogP contribution in [0.4, 0.5) is 0 Å². The van der Waals surface area contributed by atoms with Crippen LogP contribution >= 0.6 is 0 Å². The molecule has 0 radical (unpaired) electrons. The molecule has 3 heteroatoms. The van der Waals surface area contributed by atoms with Crippen molar-refractivity contribution in [1.82, 2.24) is 0 Å². The van der Waals surface area contributed by atoms with E-state index in [1.54, 1.807) is 18.2 Å². The minimum Gasteiger partial charge on any atom is -0.469 e. The van der Waals surface area contributed by atoms with Gasteiger partial charge >= 0.3 is 5.97 Å². The predicted molar refractivity (Wildman–Crippen MR) is 57.5 cm³/mol. The van der Waals surface area contributed by atoms with Crippen molar-refractivity contribution in [2.75, 3.05) is 7.11 Å². The molecule has 0 heterocycles. The lowest BCUT2D eigenvalue weighted by molar-refractivity contribution is -0.139. The number of carbonyl (C=O) groups is 2. The highest BCUT2D eigenvalue weighted by atomic mass is 16.5. The Bertz CT molecular complexity index is 363. The van der Waals surface area contributed by atoms with E-state index in [0.717, 1.165) is 11.8 Å². The van der Waals surface area contributed by atoms with Gasteiger partial charge in [-0.1, -0.05) is 36.4 Å². The second-order valence-corrected chi connectivity index (χ2v) is 2.97. The lowest BCUT2D eigenvalue weighted by atomic mass is 10.1. The van der Waals surface area contributed by atoms with E-state index in [2.05, 4.69) is 4.74 Å². The molecule has 0 aliphatic heterocycles. The van der Waals surface area contributed by atoms with Gasteiger partial charge in [0.2, 0.25) is 0 Å². The van der Waals surface area contributed by atoms with Crippen molar-refractivity contribution in [2.45, 2.75) is 6.42 Å². The van der Waals surface area contributed by atoms with Crippen LogP contribution in [0.5, 0.6) is 0 Å². The standard InChI is InChI=1S/C12H12O3/c1-15-12(14)4-2-3-10-5-7-11(9-13)8-6-10/h2-3,5-9H,4H2,1H3. The predicted octanol–water partition coefficient (Wildman–Crippen LogP) is 2.08. The average molecular weight is 204 g/mol. The molecule has 0 aliphatic carbocycles. The second-order valence-electron chi connectivity index (χ2n) is 2.97. The zero-order chi connectivity index (χ0) is 11.1. The quantitative estimate of drug-likeness (QED) is 0.557. The highest BCUT2D eigenvalue weighted by Gasteiger charge is 1.94. The zero-order valence-electron chi connectivity index (χ0n) is 8.47. The number of hydrogen-bond donors (Lipinski definition) is 0. The summed E-state index contributed by atoms with van der Waals surface area (Å²) in [6, 6.07) is 7.09. The van der Waals surface area contributed by atoms with E-state index in [1.807, 2.05) is 18.2 Å². The van der Waals surface area contributed by atoms with Crippen LogP contribution in [0.3, 0.4) is 0 Å². The van der Waals surface area contributed by atoms with Crippen LogP contribution in [0.25, 0.3) is 6.08 Å². The van der Waals surface area contributed by atoms with Gasteiger partial charge < -0.3 is 4.74 Å². The molecule has 1 aromatic rings. The van der Waals surface area contributed by atoms with Crippen LogP contribution in [0, 0.1) is 0 Å². The molecule has 0 aromatic heterocycles. The first-order valence-electron chi connectivity index (χ1n) is 4.55. The molecule has 1 aromatic carbocycles. The third-order valence-electron chi connectivity index (χ3n) is 1.90. The van der Waals surface area contributed by atoms with Gasteiger partial charge in [0, 0.05) is 5.56 Å². The minimum absolute atomic E-state index is 0.256. The van der Waals surface area contributed by atoms with Gasteiger partial charge in [0.1, 0.15) is 6.29 Å². The van der Waals surface area contributed by atoms with Crippen LogP contribution in [0.2, 0.25) is 0 Å². The fourth-order valence-electron chi connectivity index (χ4n) is 1.06. The Hall–Kier alpha value is -1.90. The van der Waals surface area contributed by atoms with E-state index in [1.165, 1.54) is 7.11 Å². The number of ether oxygens (including phenoxy) is 1. The largest absolute Gasteiger partial charge is 0.469 e. The van der Waals surface area contributed by atoms with Crippen molar-refractivity contribution in [1.29, 1.82) is 0 Å². The maximum absolute atomic E-state index is 10.8. The monoisotopic (exact) mass is 204 g/mol. The molecular weight excluding hydrogens is 192 g/mol. The maximum Gasteiger partial charge on any atom is 0.309 e. The normalized spacial score (nSPS) is 10.2. The molecule has 78 valence electrons. The lowest BCUT2D eigenvalue weighted by Gasteiger charge is -1.94. The number of rotatable bonds is 4. The van der Waals surface area contributed by atoms with E-state index in [4.69, 9.17) is 0 Å². The fraction of sp³-hybridized carbons (Fsp3) is 0.167. The molecule has 0 atom stereocenters. The van der Waals surface area contributed by atoms with Crippen LogP contribution in [0.15, 0.2) is 30.3 Å². The molecule has 0 fully saturated rings. The first kappa shape index (κ1) is 11.2. The number of esters is 1. The first-order chi connectivity index (χ1) is 7.26. The Morgan fingerprint density at radius 2 is 1.87 bits per heavy atom. The average Bonchev–Trinajstić information content (AvgIpc) is 2.29. The van der Waals surface area contributed by atoms with Crippen LogP contribution < -0.4 is 0 Å². The first-order valence-corrected chi connectivity index (χ1v) is 4.55. The van der Waals surface area contributed by atoms with E-state index in [-0.39, 0.29) is 12.4 Å². The number of benzene rings is 1. The van der Waals surface area contributed by atoms with E-state index < -0.39 is 0 Å². The highest BCUT2D eigenvalue weighted by Crippen LogP contribution is 2.05. The molecule has 0 bridgehead atoms. The Morgan fingerprint density at radius 1 is 1.27 bits per heavy atom. The summed E-state index contributed by atoms with van der Waals surface area (Å²) in [4.78, 5) is 21.2. The van der Waals surface area contributed by atoms with Crippen molar-refractivity contribution in [3.63, 3.8) is 0 Å². The Balaban J connectivity index is 2.57. The Labute approximate surface area is 88.4 Å². The number of methoxy groups -OCH3 is 1. The molecule has 0 saturated heterocycles. The summed E-state index contributed by atoms with van der Waals surface area (Å²) in [5.74, 6) is -0.268. The Kier molecular flexibility index (Phi) is 4.29. The summed E-state index contributed by atoms with van der Waals surface area (Å²) in [6.45, 7) is 0. The van der Waals surface area contributed by atoms with Crippen LogP contribution in [-0.4, -0.2) is 19.4 Å². The van der Waals surface area contributed by atoms with Crippen molar-refractivity contribution in [2.24, 2.45) is 0 Å². The number of carbonyl (C=O) groups excluding carboxylic acids is 2. The third-order valence-corrected chi connectivity index (χ3v) is 1.90. The maximum atomic E-state index is 10.8. The summed E-state index contributed by atoms with van der Waals surface area (Å²) >= 11 is 0. The van der Waals surface area contributed by atoms with E-state index >= 15 is 0 Å². The summed E-state index contributed by atoms with van der Waals surface area (Å²) in [5.41, 5.74) is 1.59. The summed E-state index contributed by atoms with van der Waals surface area (Å²) in [6.07, 6.45) is 4.58. The molecule has 1 rings (SSSR count). The van der Waals surface area contributed by atoms with Gasteiger partial charge in [-0.3, -0.25) is 9.59 Å². The molecule has 15 heavy (non-hydrogen) atoms. The zero-order valence-corrected chi connectivity index (χ0v) is 8.47. The van der Waals surface area contributed by atoms with Gasteiger partial charge in [0.05, 0.1) is 13.5 Å². The summed E-state index contributed by atoms with van der Waals surface area (Å²) < 4.78 is 4.49. The van der Waals surface area contributed by atoms with Crippen LogP contribution in [-0.2, 0) is 9.53 Å². The minimum atomic E-state index is -0.268. The van der Waals surface area contributed by atoms with Crippen molar-refractivity contribution in [3.05, 3.63) is 41.5 Å². The summed E-state index contributed by atoms with van der Waals surface area (Å²) in [5, 5.41) is 0. The van der Waals surface area contributed by atoms with E-state index in [9.17, 15) is 9.59 Å². The fourth-order valence-corrected chi connectivity index (χ4v) is 1.06. The van der Waals surface area contributed by atoms with E-state index in [0.29, 0.717) is 5.56 Å². The molecule has 0 N–H and O–H groups in total. The molecule has 3 nitrogen and oxygen atoms in total. The molecule has 0 unspecified atom stereocenters. The van der Waals surface area contributed by atoms with Gasteiger partial charge in [-0.05, 0) is 5.56 Å². The third kappa shape index (κ3) is 3.77. The van der Waals surface area contributed by atoms with Gasteiger partial charge in [-0.2, -0.15) is 0 Å². The molecular formula is C12H12O3. The smallest absolute Gasteiger partial charge is 0.309 e. The lowest BCUT2D eigenvalue weighted by Crippen LogP contribution is -1.96. The second kappa shape index (κ2) is 5.75. The summed E-state index contributed by atoms with van der Waals surface area (Å²) in [7, 11) is 1.36. The number of aldehydes is 1. The van der Waals surface area contributed by atoms with Gasteiger partial charge in [0.15, 0.2) is 0 Å². The van der Waals surface area contributed by atoms with Gasteiger partial charge in [-0.15, -0.1) is 0 Å². The van der Waals surface area contributed by atoms with Crippen molar-refractivity contribution >= 4 is 18.3 Å². The Morgan fingerprint density at radius 3 is 2.40 bits per heavy atom. The van der Waals surface area contributed by atoms with Gasteiger partial charge in [0.25, 0.3) is 0 Å². The van der Waals surface area contributed by atoms with Crippen molar-refractivity contribution in [3.8, 4) is 0 Å². The molecule has 0 aliphatic rings. The van der Waals surface area contributed by atoms with Crippen LogP contribution in [0.1, 0.15) is 22.3 Å². The molecule has 0 amide bonds. The number of hydrogen-bond acceptors (Lipinski definition) is 3. The molecule has 0 saturated carbocycles. The van der Waals surface area contributed by atoms with Crippen molar-refractivity contribution < 1.29 is 14.3 Å². The topological polar surface area (TPSA) is 43.4 Å². The SMILES string of the molecule is COC(=O)CC=Cc1ccc(C=O)cc1. The molecule has 0 spiro atoms.